The van der Waals surface area contributed by atoms with Crippen LogP contribution in [0.5, 0.6) is 5.75 Å². The van der Waals surface area contributed by atoms with Crippen molar-refractivity contribution in [2.45, 2.75) is 13.8 Å². The quantitative estimate of drug-likeness (QED) is 0.600. The number of para-hydroxylation sites is 1. The molecule has 0 spiro atoms. The highest BCUT2D eigenvalue weighted by molar-refractivity contribution is 14.1. The lowest BCUT2D eigenvalue weighted by atomic mass is 10.0. The Balaban J connectivity index is 2.10. The van der Waals surface area contributed by atoms with Gasteiger partial charge < -0.3 is 4.74 Å². The van der Waals surface area contributed by atoms with Gasteiger partial charge in [0.05, 0.1) is 3.57 Å². The zero-order valence-corrected chi connectivity index (χ0v) is 13.1. The topological polar surface area (TPSA) is 26.3 Å². The molecule has 2 aromatic rings. The van der Waals surface area contributed by atoms with Gasteiger partial charge in [0.25, 0.3) is 0 Å². The molecule has 2 aromatic carbocycles. The van der Waals surface area contributed by atoms with Crippen LogP contribution in [-0.2, 0) is 0 Å². The number of aryl methyl sites for hydroxylation is 2. The Kier molecular flexibility index (Phi) is 4.58. The molecule has 3 heteroatoms. The molecular weight excluding hydrogens is 351 g/mol. The maximum absolute atomic E-state index is 12.2. The number of ether oxygens (including phenoxy) is 1. The molecule has 0 aliphatic heterocycles. The van der Waals surface area contributed by atoms with Crippen LogP contribution >= 0.6 is 22.6 Å². The Morgan fingerprint density at radius 1 is 1.16 bits per heavy atom. The maximum atomic E-state index is 12.2. The van der Waals surface area contributed by atoms with Crippen LogP contribution in [-0.4, -0.2) is 12.4 Å². The fourth-order valence-corrected chi connectivity index (χ4v) is 2.36. The van der Waals surface area contributed by atoms with Gasteiger partial charge in [-0.3, -0.25) is 4.79 Å². The number of carbonyl (C=O) groups excluding carboxylic acids is 1. The molecule has 2 nitrogen and oxygen atoms in total. The molecule has 0 amide bonds. The summed E-state index contributed by atoms with van der Waals surface area (Å²) in [6, 6.07) is 13.6. The number of hydrogen-bond donors (Lipinski definition) is 0. The van der Waals surface area contributed by atoms with Crippen molar-refractivity contribution in [2.75, 3.05) is 6.61 Å². The molecule has 19 heavy (non-hydrogen) atoms. The van der Waals surface area contributed by atoms with Crippen molar-refractivity contribution < 1.29 is 9.53 Å². The zero-order chi connectivity index (χ0) is 13.8. The molecule has 0 radical (unpaired) electrons. The first-order valence-corrected chi connectivity index (χ1v) is 7.13. The number of carbonyl (C=O) groups is 1. The van der Waals surface area contributed by atoms with Gasteiger partial charge in [0, 0.05) is 5.56 Å². The van der Waals surface area contributed by atoms with Gasteiger partial charge in [0.15, 0.2) is 12.4 Å². The Morgan fingerprint density at radius 2 is 1.89 bits per heavy atom. The molecule has 0 aromatic heterocycles. The van der Waals surface area contributed by atoms with Crippen molar-refractivity contribution in [3.63, 3.8) is 0 Å². The average Bonchev–Trinajstić information content (AvgIpc) is 2.40. The molecule has 0 aliphatic rings. The van der Waals surface area contributed by atoms with E-state index in [1.54, 1.807) is 0 Å². The lowest BCUT2D eigenvalue weighted by Gasteiger charge is -2.09. The van der Waals surface area contributed by atoms with Gasteiger partial charge in [-0.1, -0.05) is 29.8 Å². The SMILES string of the molecule is Cc1ccc(C)c(C(=O)COc2ccccc2I)c1. The van der Waals surface area contributed by atoms with Gasteiger partial charge in [0.1, 0.15) is 5.75 Å². The van der Waals surface area contributed by atoms with Crippen molar-refractivity contribution in [1.29, 1.82) is 0 Å². The van der Waals surface area contributed by atoms with Crippen molar-refractivity contribution in [1.82, 2.24) is 0 Å². The third-order valence-electron chi connectivity index (χ3n) is 2.89. The summed E-state index contributed by atoms with van der Waals surface area (Å²) < 4.78 is 6.60. The van der Waals surface area contributed by atoms with E-state index < -0.39 is 0 Å². The number of Topliss-reactive ketones (excluding diaryl/α,β-unsaturated/α-hetero) is 1. The van der Waals surface area contributed by atoms with Gasteiger partial charge in [-0.15, -0.1) is 0 Å². The third kappa shape index (κ3) is 3.56. The van der Waals surface area contributed by atoms with E-state index in [9.17, 15) is 4.79 Å². The highest BCUT2D eigenvalue weighted by Crippen LogP contribution is 2.20. The second-order valence-electron chi connectivity index (χ2n) is 4.46. The second kappa shape index (κ2) is 6.19. The van der Waals surface area contributed by atoms with Crippen LogP contribution in [0, 0.1) is 17.4 Å². The normalized spacial score (nSPS) is 10.3. The first-order chi connectivity index (χ1) is 9.08. The van der Waals surface area contributed by atoms with Gasteiger partial charge in [-0.2, -0.15) is 0 Å². The van der Waals surface area contributed by atoms with E-state index in [1.807, 2.05) is 56.3 Å². The second-order valence-corrected chi connectivity index (χ2v) is 5.62. The Bertz CT molecular complexity index is 605. The maximum Gasteiger partial charge on any atom is 0.200 e. The Morgan fingerprint density at radius 3 is 2.63 bits per heavy atom. The van der Waals surface area contributed by atoms with E-state index >= 15 is 0 Å². The molecule has 98 valence electrons. The molecule has 0 saturated heterocycles. The predicted molar refractivity (Wildman–Crippen MR) is 84.9 cm³/mol. The first kappa shape index (κ1) is 14.1. The van der Waals surface area contributed by atoms with Gasteiger partial charge in [0.2, 0.25) is 0 Å². The molecule has 0 fully saturated rings. The first-order valence-electron chi connectivity index (χ1n) is 6.05. The standard InChI is InChI=1S/C16H15IO2/c1-11-7-8-12(2)13(9-11)15(18)10-19-16-6-4-3-5-14(16)17/h3-9H,10H2,1-2H3. The fraction of sp³-hybridized carbons (Fsp3) is 0.188. The molecule has 2 rings (SSSR count). The van der Waals surface area contributed by atoms with E-state index in [2.05, 4.69) is 22.6 Å². The summed E-state index contributed by atoms with van der Waals surface area (Å²) in [4.78, 5) is 12.2. The van der Waals surface area contributed by atoms with E-state index in [0.29, 0.717) is 0 Å². The number of hydrogen-bond acceptors (Lipinski definition) is 2. The van der Waals surface area contributed by atoms with Crippen LogP contribution in [0.2, 0.25) is 0 Å². The summed E-state index contributed by atoms with van der Waals surface area (Å²) in [5.74, 6) is 0.766. The molecule has 0 bridgehead atoms. The highest BCUT2D eigenvalue weighted by Gasteiger charge is 2.11. The van der Waals surface area contributed by atoms with Gasteiger partial charge in [-0.05, 0) is 60.2 Å². The minimum Gasteiger partial charge on any atom is -0.484 e. The van der Waals surface area contributed by atoms with E-state index in [-0.39, 0.29) is 12.4 Å². The fourth-order valence-electron chi connectivity index (χ4n) is 1.82. The smallest absolute Gasteiger partial charge is 0.200 e. The predicted octanol–water partition coefficient (Wildman–Crippen LogP) is 4.17. The minimum absolute atomic E-state index is 0.0147. The number of benzene rings is 2. The monoisotopic (exact) mass is 366 g/mol. The van der Waals surface area contributed by atoms with Crippen molar-refractivity contribution in [2.24, 2.45) is 0 Å². The van der Waals surface area contributed by atoms with Crippen LogP contribution < -0.4 is 4.74 Å². The molecule has 0 saturated carbocycles. The lowest BCUT2D eigenvalue weighted by Crippen LogP contribution is -2.13. The van der Waals surface area contributed by atoms with Crippen LogP contribution in [0.4, 0.5) is 0 Å². The van der Waals surface area contributed by atoms with Crippen molar-refractivity contribution in [3.05, 3.63) is 62.7 Å². The van der Waals surface area contributed by atoms with Crippen LogP contribution in [0.15, 0.2) is 42.5 Å². The summed E-state index contributed by atoms with van der Waals surface area (Å²) in [5.41, 5.74) is 2.82. The summed E-state index contributed by atoms with van der Waals surface area (Å²) >= 11 is 2.20. The summed E-state index contributed by atoms with van der Waals surface area (Å²) in [6.45, 7) is 4.00. The van der Waals surface area contributed by atoms with Crippen LogP contribution in [0.1, 0.15) is 21.5 Å². The van der Waals surface area contributed by atoms with Gasteiger partial charge >= 0.3 is 0 Å². The van der Waals surface area contributed by atoms with Gasteiger partial charge in [-0.25, -0.2) is 0 Å². The van der Waals surface area contributed by atoms with E-state index in [4.69, 9.17) is 4.74 Å². The molecule has 0 N–H and O–H groups in total. The molecule has 0 aliphatic carbocycles. The molecule has 0 heterocycles. The summed E-state index contributed by atoms with van der Waals surface area (Å²) in [5, 5.41) is 0. The van der Waals surface area contributed by atoms with E-state index in [1.165, 1.54) is 0 Å². The zero-order valence-electron chi connectivity index (χ0n) is 10.9. The molecule has 0 atom stereocenters. The van der Waals surface area contributed by atoms with Crippen LogP contribution in [0.3, 0.4) is 0 Å². The van der Waals surface area contributed by atoms with Crippen molar-refractivity contribution in [3.8, 4) is 5.75 Å². The number of ketones is 1. The number of halogens is 1. The van der Waals surface area contributed by atoms with Crippen LogP contribution in [0.25, 0.3) is 0 Å². The Labute approximate surface area is 126 Å². The average molecular weight is 366 g/mol. The Hall–Kier alpha value is -1.36. The number of rotatable bonds is 4. The largest absolute Gasteiger partial charge is 0.484 e. The summed E-state index contributed by atoms with van der Waals surface area (Å²) in [6.07, 6.45) is 0. The molecule has 0 unspecified atom stereocenters. The molecular formula is C16H15IO2. The highest BCUT2D eigenvalue weighted by atomic mass is 127. The summed E-state index contributed by atoms with van der Waals surface area (Å²) in [7, 11) is 0. The van der Waals surface area contributed by atoms with E-state index in [0.717, 1.165) is 26.0 Å². The minimum atomic E-state index is 0.0147. The van der Waals surface area contributed by atoms with Crippen molar-refractivity contribution >= 4 is 28.4 Å². The lowest BCUT2D eigenvalue weighted by molar-refractivity contribution is 0.0920. The third-order valence-corrected chi connectivity index (χ3v) is 3.78.